The Morgan fingerprint density at radius 3 is 2.35 bits per heavy atom. The first-order chi connectivity index (χ1) is 12.5. The number of carbonyl (C=O) groups excluding carboxylic acids is 2. The highest BCUT2D eigenvalue weighted by molar-refractivity contribution is 5.96. The minimum absolute atomic E-state index is 0.0303. The molecule has 2 aromatic carbocycles. The highest BCUT2D eigenvalue weighted by Gasteiger charge is 2.47. The van der Waals surface area contributed by atoms with Gasteiger partial charge in [0.25, 0.3) is 5.91 Å². The Labute approximate surface area is 153 Å². The van der Waals surface area contributed by atoms with E-state index in [1.54, 1.807) is 0 Å². The Kier molecular flexibility index (Phi) is 3.94. The standard InChI is InChI=1S/C21H22N2O3/c1-22(2)16-9-7-15(8-10-16)19(24)23-13-11-21(12-14-23)18-6-4-3-5-17(18)20(25)26-21/h3-10H,11-14H2,1-2H3. The molecule has 1 saturated heterocycles. The van der Waals surface area contributed by atoms with Gasteiger partial charge < -0.3 is 14.5 Å². The van der Waals surface area contributed by atoms with E-state index in [1.165, 1.54) is 0 Å². The van der Waals surface area contributed by atoms with Crippen molar-refractivity contribution < 1.29 is 14.3 Å². The summed E-state index contributed by atoms with van der Waals surface area (Å²) in [6.07, 6.45) is 1.27. The predicted octanol–water partition coefficient (Wildman–Crippen LogP) is 3.05. The van der Waals surface area contributed by atoms with E-state index in [2.05, 4.69) is 0 Å². The van der Waals surface area contributed by atoms with Gasteiger partial charge in [0, 0.05) is 56.8 Å². The summed E-state index contributed by atoms with van der Waals surface area (Å²) in [4.78, 5) is 28.8. The highest BCUT2D eigenvalue weighted by atomic mass is 16.6. The average molecular weight is 350 g/mol. The van der Waals surface area contributed by atoms with Gasteiger partial charge in [-0.1, -0.05) is 18.2 Å². The lowest BCUT2D eigenvalue weighted by molar-refractivity contribution is -0.0389. The first-order valence-electron chi connectivity index (χ1n) is 8.90. The summed E-state index contributed by atoms with van der Waals surface area (Å²) in [5.74, 6) is -0.220. The van der Waals surface area contributed by atoms with E-state index in [4.69, 9.17) is 4.74 Å². The van der Waals surface area contributed by atoms with Crippen molar-refractivity contribution in [3.63, 3.8) is 0 Å². The zero-order chi connectivity index (χ0) is 18.3. The molecule has 0 bridgehead atoms. The second-order valence-corrected chi connectivity index (χ2v) is 7.16. The van der Waals surface area contributed by atoms with Crippen molar-refractivity contribution in [2.75, 3.05) is 32.1 Å². The second kappa shape index (κ2) is 6.16. The number of benzene rings is 2. The molecule has 5 nitrogen and oxygen atoms in total. The molecule has 0 radical (unpaired) electrons. The van der Waals surface area contributed by atoms with Gasteiger partial charge in [0.05, 0.1) is 5.56 Å². The van der Waals surface area contributed by atoms with Crippen LogP contribution in [-0.4, -0.2) is 44.0 Å². The Hall–Kier alpha value is -2.82. The first kappa shape index (κ1) is 16.6. The van der Waals surface area contributed by atoms with Crippen LogP contribution in [0.4, 0.5) is 5.69 Å². The molecule has 0 unspecified atom stereocenters. The van der Waals surface area contributed by atoms with Crippen molar-refractivity contribution in [3.05, 3.63) is 65.2 Å². The molecule has 4 rings (SSSR count). The van der Waals surface area contributed by atoms with Crippen LogP contribution >= 0.6 is 0 Å². The van der Waals surface area contributed by atoms with E-state index in [-0.39, 0.29) is 11.9 Å². The van der Waals surface area contributed by atoms with Gasteiger partial charge in [-0.3, -0.25) is 4.79 Å². The van der Waals surface area contributed by atoms with E-state index in [0.29, 0.717) is 37.1 Å². The molecular formula is C21H22N2O3. The number of anilines is 1. The highest BCUT2D eigenvalue weighted by Crippen LogP contribution is 2.44. The number of likely N-dealkylation sites (tertiary alicyclic amines) is 1. The van der Waals surface area contributed by atoms with Gasteiger partial charge >= 0.3 is 5.97 Å². The molecule has 2 aromatic rings. The number of carbonyl (C=O) groups is 2. The van der Waals surface area contributed by atoms with E-state index in [0.717, 1.165) is 11.3 Å². The van der Waals surface area contributed by atoms with Crippen LogP contribution in [0.5, 0.6) is 0 Å². The van der Waals surface area contributed by atoms with Crippen LogP contribution in [0.15, 0.2) is 48.5 Å². The van der Waals surface area contributed by atoms with Gasteiger partial charge in [0.15, 0.2) is 0 Å². The SMILES string of the molecule is CN(C)c1ccc(C(=O)N2CCC3(CC2)OC(=O)c2ccccc23)cc1. The second-order valence-electron chi connectivity index (χ2n) is 7.16. The maximum absolute atomic E-state index is 12.8. The molecule has 134 valence electrons. The van der Waals surface area contributed by atoms with Crippen LogP contribution in [0.25, 0.3) is 0 Å². The normalized spacial score (nSPS) is 17.8. The Morgan fingerprint density at radius 1 is 1.04 bits per heavy atom. The predicted molar refractivity (Wildman–Crippen MR) is 99.4 cm³/mol. The minimum atomic E-state index is -0.570. The zero-order valence-electron chi connectivity index (χ0n) is 15.1. The molecule has 0 N–H and O–H groups in total. The summed E-state index contributed by atoms with van der Waals surface area (Å²) in [6, 6.07) is 15.2. The molecule has 0 aromatic heterocycles. The van der Waals surface area contributed by atoms with Gasteiger partial charge in [0.1, 0.15) is 5.60 Å². The number of ether oxygens (including phenoxy) is 1. The number of hydrogen-bond donors (Lipinski definition) is 0. The zero-order valence-corrected chi connectivity index (χ0v) is 15.1. The number of hydrogen-bond acceptors (Lipinski definition) is 4. The number of nitrogens with zero attached hydrogens (tertiary/aromatic N) is 2. The van der Waals surface area contributed by atoms with Gasteiger partial charge in [0.2, 0.25) is 0 Å². The quantitative estimate of drug-likeness (QED) is 0.781. The Bertz CT molecular complexity index is 850. The smallest absolute Gasteiger partial charge is 0.339 e. The van der Waals surface area contributed by atoms with Crippen LogP contribution in [0.3, 0.4) is 0 Å². The third-order valence-electron chi connectivity index (χ3n) is 5.41. The van der Waals surface area contributed by atoms with Gasteiger partial charge in [-0.2, -0.15) is 0 Å². The van der Waals surface area contributed by atoms with Crippen molar-refractivity contribution >= 4 is 17.6 Å². The molecule has 26 heavy (non-hydrogen) atoms. The fourth-order valence-corrected chi connectivity index (χ4v) is 3.87. The molecule has 1 amide bonds. The monoisotopic (exact) mass is 350 g/mol. The van der Waals surface area contributed by atoms with Gasteiger partial charge in [-0.15, -0.1) is 0 Å². The molecule has 0 atom stereocenters. The lowest BCUT2D eigenvalue weighted by Crippen LogP contribution is -2.45. The summed E-state index contributed by atoms with van der Waals surface area (Å²) in [7, 11) is 3.95. The number of fused-ring (bicyclic) bond motifs is 2. The average Bonchev–Trinajstić information content (AvgIpc) is 2.94. The first-order valence-corrected chi connectivity index (χ1v) is 8.90. The summed E-state index contributed by atoms with van der Waals surface area (Å²) >= 11 is 0. The fourth-order valence-electron chi connectivity index (χ4n) is 3.87. The molecule has 2 heterocycles. The fraction of sp³-hybridized carbons (Fsp3) is 0.333. The lowest BCUT2D eigenvalue weighted by atomic mass is 9.83. The Balaban J connectivity index is 1.49. The van der Waals surface area contributed by atoms with Crippen molar-refractivity contribution in [1.82, 2.24) is 4.90 Å². The molecule has 2 aliphatic heterocycles. The summed E-state index contributed by atoms with van der Waals surface area (Å²) < 4.78 is 5.75. The summed E-state index contributed by atoms with van der Waals surface area (Å²) in [5.41, 5.74) is 2.81. The molecule has 1 spiro atoms. The van der Waals surface area contributed by atoms with E-state index < -0.39 is 5.60 Å². The Morgan fingerprint density at radius 2 is 1.69 bits per heavy atom. The minimum Gasteiger partial charge on any atom is -0.450 e. The summed E-state index contributed by atoms with van der Waals surface area (Å²) in [6.45, 7) is 1.16. The molecular weight excluding hydrogens is 328 g/mol. The number of amides is 1. The molecule has 0 saturated carbocycles. The molecule has 1 fully saturated rings. The molecule has 5 heteroatoms. The maximum Gasteiger partial charge on any atom is 0.339 e. The molecule has 0 aliphatic carbocycles. The largest absolute Gasteiger partial charge is 0.450 e. The number of piperidine rings is 1. The summed E-state index contributed by atoms with van der Waals surface area (Å²) in [5, 5.41) is 0. The maximum atomic E-state index is 12.8. The topological polar surface area (TPSA) is 49.9 Å². The van der Waals surface area contributed by atoms with E-state index in [1.807, 2.05) is 72.4 Å². The van der Waals surface area contributed by atoms with Crippen molar-refractivity contribution in [3.8, 4) is 0 Å². The molecule has 2 aliphatic rings. The van der Waals surface area contributed by atoms with Crippen LogP contribution in [-0.2, 0) is 10.3 Å². The number of esters is 1. The van der Waals surface area contributed by atoms with Crippen molar-refractivity contribution in [1.29, 1.82) is 0 Å². The van der Waals surface area contributed by atoms with Gasteiger partial charge in [-0.25, -0.2) is 4.79 Å². The van der Waals surface area contributed by atoms with Crippen LogP contribution in [0.1, 0.15) is 39.1 Å². The third kappa shape index (κ3) is 2.64. The van der Waals surface area contributed by atoms with Crippen molar-refractivity contribution in [2.45, 2.75) is 18.4 Å². The lowest BCUT2D eigenvalue weighted by Gasteiger charge is -2.38. The number of rotatable bonds is 2. The van der Waals surface area contributed by atoms with Gasteiger partial charge in [-0.05, 0) is 30.3 Å². The van der Waals surface area contributed by atoms with Crippen LogP contribution in [0.2, 0.25) is 0 Å². The van der Waals surface area contributed by atoms with Crippen LogP contribution < -0.4 is 4.90 Å². The van der Waals surface area contributed by atoms with Crippen LogP contribution in [0, 0.1) is 0 Å². The van der Waals surface area contributed by atoms with E-state index >= 15 is 0 Å². The van der Waals surface area contributed by atoms with Crippen molar-refractivity contribution in [2.24, 2.45) is 0 Å². The third-order valence-corrected chi connectivity index (χ3v) is 5.41. The van der Waals surface area contributed by atoms with E-state index in [9.17, 15) is 9.59 Å².